The number of hydrogen-bond acceptors (Lipinski definition) is 3. The lowest BCUT2D eigenvalue weighted by Gasteiger charge is -2.22. The van der Waals surface area contributed by atoms with Crippen molar-refractivity contribution < 1.29 is 0 Å². The number of rotatable bonds is 4. The normalized spacial score (nSPS) is 18.2. The van der Waals surface area contributed by atoms with Gasteiger partial charge in [-0.25, -0.2) is 9.67 Å². The summed E-state index contributed by atoms with van der Waals surface area (Å²) in [6, 6.07) is 0. The standard InChI is InChI=1S/C12H22N4/c1-10(2)8-16-12(14-9-15-16)7-11-3-5-13-6-4-11/h9-11,13H,3-8H2,1-2H3. The summed E-state index contributed by atoms with van der Waals surface area (Å²) in [5.74, 6) is 2.59. The first-order valence-electron chi connectivity index (χ1n) is 6.33. The minimum atomic E-state index is 0.633. The molecule has 16 heavy (non-hydrogen) atoms. The maximum Gasteiger partial charge on any atom is 0.138 e. The Labute approximate surface area is 97.5 Å². The fourth-order valence-electron chi connectivity index (χ4n) is 2.29. The lowest BCUT2D eigenvalue weighted by Crippen LogP contribution is -2.29. The molecule has 1 aliphatic rings. The van der Waals surface area contributed by atoms with Gasteiger partial charge < -0.3 is 5.32 Å². The second kappa shape index (κ2) is 5.43. The zero-order valence-corrected chi connectivity index (χ0v) is 10.3. The molecule has 1 aliphatic heterocycles. The molecule has 0 unspecified atom stereocenters. The molecule has 1 aromatic rings. The summed E-state index contributed by atoms with van der Waals surface area (Å²) in [7, 11) is 0. The van der Waals surface area contributed by atoms with E-state index in [0.717, 1.165) is 32.0 Å². The molecule has 0 aromatic carbocycles. The molecule has 0 radical (unpaired) electrons. The minimum Gasteiger partial charge on any atom is -0.317 e. The Morgan fingerprint density at radius 3 is 2.88 bits per heavy atom. The fourth-order valence-corrected chi connectivity index (χ4v) is 2.29. The Morgan fingerprint density at radius 2 is 2.19 bits per heavy atom. The second-order valence-electron chi connectivity index (χ2n) is 5.15. The third-order valence-electron chi connectivity index (χ3n) is 3.16. The van der Waals surface area contributed by atoms with Gasteiger partial charge in [-0.15, -0.1) is 0 Å². The van der Waals surface area contributed by atoms with Crippen LogP contribution in [0.15, 0.2) is 6.33 Å². The smallest absolute Gasteiger partial charge is 0.138 e. The van der Waals surface area contributed by atoms with Crippen molar-refractivity contribution in [1.29, 1.82) is 0 Å². The molecule has 2 rings (SSSR count). The Balaban J connectivity index is 1.94. The van der Waals surface area contributed by atoms with E-state index in [1.54, 1.807) is 6.33 Å². The van der Waals surface area contributed by atoms with Crippen LogP contribution in [0.5, 0.6) is 0 Å². The van der Waals surface area contributed by atoms with E-state index in [-0.39, 0.29) is 0 Å². The molecule has 0 bridgehead atoms. The summed E-state index contributed by atoms with van der Waals surface area (Å²) in [5, 5.41) is 7.71. The largest absolute Gasteiger partial charge is 0.317 e. The van der Waals surface area contributed by atoms with Crippen LogP contribution in [-0.2, 0) is 13.0 Å². The topological polar surface area (TPSA) is 42.7 Å². The predicted octanol–water partition coefficient (Wildman–Crippen LogP) is 1.48. The van der Waals surface area contributed by atoms with Crippen LogP contribution in [0.1, 0.15) is 32.5 Å². The number of nitrogens with one attached hydrogen (secondary N) is 1. The average molecular weight is 222 g/mol. The molecule has 4 nitrogen and oxygen atoms in total. The fraction of sp³-hybridized carbons (Fsp3) is 0.833. The van der Waals surface area contributed by atoms with E-state index in [2.05, 4.69) is 33.9 Å². The van der Waals surface area contributed by atoms with Gasteiger partial charge in [-0.3, -0.25) is 0 Å². The van der Waals surface area contributed by atoms with Crippen molar-refractivity contribution in [1.82, 2.24) is 20.1 Å². The maximum atomic E-state index is 4.39. The Hall–Kier alpha value is -0.900. The SMILES string of the molecule is CC(C)Cn1ncnc1CC1CCNCC1. The Bertz CT molecular complexity index is 313. The molecule has 0 amide bonds. The van der Waals surface area contributed by atoms with Crippen molar-refractivity contribution >= 4 is 0 Å². The zero-order chi connectivity index (χ0) is 11.4. The first-order valence-corrected chi connectivity index (χ1v) is 6.33. The Morgan fingerprint density at radius 1 is 1.44 bits per heavy atom. The van der Waals surface area contributed by atoms with Crippen LogP contribution in [0.3, 0.4) is 0 Å². The van der Waals surface area contributed by atoms with Crippen LogP contribution >= 0.6 is 0 Å². The molecule has 1 saturated heterocycles. The molecular weight excluding hydrogens is 200 g/mol. The number of hydrogen-bond donors (Lipinski definition) is 1. The van der Waals surface area contributed by atoms with Crippen LogP contribution in [0, 0.1) is 11.8 Å². The average Bonchev–Trinajstić information content (AvgIpc) is 2.66. The molecule has 90 valence electrons. The minimum absolute atomic E-state index is 0.633. The molecule has 0 aliphatic carbocycles. The first-order chi connectivity index (χ1) is 7.75. The second-order valence-corrected chi connectivity index (χ2v) is 5.15. The van der Waals surface area contributed by atoms with Crippen molar-refractivity contribution in [3.63, 3.8) is 0 Å². The molecule has 0 atom stereocenters. The van der Waals surface area contributed by atoms with E-state index in [9.17, 15) is 0 Å². The highest BCUT2D eigenvalue weighted by Crippen LogP contribution is 2.16. The van der Waals surface area contributed by atoms with Crippen molar-refractivity contribution in [2.24, 2.45) is 11.8 Å². The van der Waals surface area contributed by atoms with E-state index in [1.807, 2.05) is 0 Å². The first kappa shape index (κ1) is 11.6. The van der Waals surface area contributed by atoms with Gasteiger partial charge in [-0.05, 0) is 37.8 Å². The van der Waals surface area contributed by atoms with Crippen molar-refractivity contribution in [3.05, 3.63) is 12.2 Å². The summed E-state index contributed by atoms with van der Waals surface area (Å²) < 4.78 is 2.08. The molecule has 0 spiro atoms. The van der Waals surface area contributed by atoms with E-state index in [0.29, 0.717) is 5.92 Å². The van der Waals surface area contributed by atoms with E-state index < -0.39 is 0 Å². The van der Waals surface area contributed by atoms with Gasteiger partial charge in [-0.1, -0.05) is 13.8 Å². The highest BCUT2D eigenvalue weighted by Gasteiger charge is 2.16. The van der Waals surface area contributed by atoms with Crippen LogP contribution in [0.25, 0.3) is 0 Å². The number of piperidine rings is 1. The maximum absolute atomic E-state index is 4.39. The molecule has 1 aromatic heterocycles. The summed E-state index contributed by atoms with van der Waals surface area (Å²) in [5.41, 5.74) is 0. The van der Waals surface area contributed by atoms with Gasteiger partial charge in [0.15, 0.2) is 0 Å². The van der Waals surface area contributed by atoms with Crippen molar-refractivity contribution in [2.75, 3.05) is 13.1 Å². The molecule has 4 heteroatoms. The van der Waals surface area contributed by atoms with Crippen LogP contribution < -0.4 is 5.32 Å². The van der Waals surface area contributed by atoms with Crippen molar-refractivity contribution in [2.45, 2.75) is 39.7 Å². The van der Waals surface area contributed by atoms with Crippen molar-refractivity contribution in [3.8, 4) is 0 Å². The van der Waals surface area contributed by atoms with Gasteiger partial charge >= 0.3 is 0 Å². The van der Waals surface area contributed by atoms with Gasteiger partial charge in [0, 0.05) is 13.0 Å². The van der Waals surface area contributed by atoms with Crippen LogP contribution in [0.2, 0.25) is 0 Å². The zero-order valence-electron chi connectivity index (χ0n) is 10.3. The number of aromatic nitrogens is 3. The van der Waals surface area contributed by atoms with Gasteiger partial charge in [-0.2, -0.15) is 5.10 Å². The predicted molar refractivity (Wildman–Crippen MR) is 64.2 cm³/mol. The summed E-state index contributed by atoms with van der Waals surface area (Å²) in [4.78, 5) is 4.39. The van der Waals surface area contributed by atoms with Gasteiger partial charge in [0.1, 0.15) is 12.2 Å². The monoisotopic (exact) mass is 222 g/mol. The van der Waals surface area contributed by atoms with Gasteiger partial charge in [0.25, 0.3) is 0 Å². The highest BCUT2D eigenvalue weighted by atomic mass is 15.3. The van der Waals surface area contributed by atoms with Gasteiger partial charge in [0.2, 0.25) is 0 Å². The Kier molecular flexibility index (Phi) is 3.93. The quantitative estimate of drug-likeness (QED) is 0.839. The highest BCUT2D eigenvalue weighted by molar-refractivity contribution is 4.89. The number of nitrogens with zero attached hydrogens (tertiary/aromatic N) is 3. The van der Waals surface area contributed by atoms with E-state index in [4.69, 9.17) is 0 Å². The van der Waals surface area contributed by atoms with Gasteiger partial charge in [0.05, 0.1) is 0 Å². The molecule has 2 heterocycles. The van der Waals surface area contributed by atoms with E-state index in [1.165, 1.54) is 18.7 Å². The lowest BCUT2D eigenvalue weighted by molar-refractivity contribution is 0.355. The van der Waals surface area contributed by atoms with Crippen LogP contribution in [-0.4, -0.2) is 27.9 Å². The lowest BCUT2D eigenvalue weighted by atomic mass is 9.94. The van der Waals surface area contributed by atoms with E-state index >= 15 is 0 Å². The molecular formula is C12H22N4. The van der Waals surface area contributed by atoms with Crippen LogP contribution in [0.4, 0.5) is 0 Å². The summed E-state index contributed by atoms with van der Waals surface area (Å²) in [6.07, 6.45) is 5.33. The molecule has 1 fully saturated rings. The summed E-state index contributed by atoms with van der Waals surface area (Å²) >= 11 is 0. The molecule has 1 N–H and O–H groups in total. The molecule has 0 saturated carbocycles. The summed E-state index contributed by atoms with van der Waals surface area (Å²) in [6.45, 7) is 7.73. The third-order valence-corrected chi connectivity index (χ3v) is 3.16. The third kappa shape index (κ3) is 3.04.